The average molecular weight is 230 g/mol. The Balaban J connectivity index is 2.43. The van der Waals surface area contributed by atoms with Crippen LogP contribution >= 0.6 is 0 Å². The van der Waals surface area contributed by atoms with Crippen LogP contribution in [-0.4, -0.2) is 0 Å². The Morgan fingerprint density at radius 1 is 0.667 bits per heavy atom. The van der Waals surface area contributed by atoms with Crippen molar-refractivity contribution in [2.75, 3.05) is 0 Å². The van der Waals surface area contributed by atoms with Crippen LogP contribution in [0.4, 0.5) is 0 Å². The Labute approximate surface area is 108 Å². The first kappa shape index (κ1) is 12.0. The monoisotopic (exact) mass is 230 g/mol. The number of hydrogen-bond donors (Lipinski definition) is 0. The normalized spacial score (nSPS) is 9.11. The van der Waals surface area contributed by atoms with E-state index in [0.29, 0.717) is 0 Å². The zero-order valence-corrected chi connectivity index (χ0v) is 10.2. The van der Waals surface area contributed by atoms with Gasteiger partial charge in [0.2, 0.25) is 0 Å². The molecule has 18 heavy (non-hydrogen) atoms. The van der Waals surface area contributed by atoms with Crippen molar-refractivity contribution < 1.29 is 0 Å². The summed E-state index contributed by atoms with van der Waals surface area (Å²) in [6.07, 6.45) is 3.65. The van der Waals surface area contributed by atoms with Crippen LogP contribution in [0.15, 0.2) is 61.7 Å². The molecule has 0 fully saturated rings. The first-order valence-electron chi connectivity index (χ1n) is 5.80. The lowest BCUT2D eigenvalue weighted by atomic mass is 10.1. The van der Waals surface area contributed by atoms with E-state index in [0.717, 1.165) is 22.3 Å². The van der Waals surface area contributed by atoms with Crippen molar-refractivity contribution in [3.8, 4) is 11.8 Å². The molecule has 0 aliphatic rings. The fraction of sp³-hybridized carbons (Fsp3) is 0. The Morgan fingerprint density at radius 3 is 1.44 bits per heavy atom. The van der Waals surface area contributed by atoms with E-state index in [4.69, 9.17) is 0 Å². The highest BCUT2D eigenvalue weighted by atomic mass is 14.0. The molecule has 2 rings (SSSR count). The SMILES string of the molecule is C=Cc1ccccc1C#Cc1ccccc1C=C. The second-order valence-corrected chi connectivity index (χ2v) is 3.83. The third-order valence-electron chi connectivity index (χ3n) is 2.69. The van der Waals surface area contributed by atoms with Crippen LogP contribution in [0.3, 0.4) is 0 Å². The molecule has 0 spiro atoms. The van der Waals surface area contributed by atoms with E-state index in [1.165, 1.54) is 0 Å². The van der Waals surface area contributed by atoms with E-state index in [2.05, 4.69) is 25.0 Å². The van der Waals surface area contributed by atoms with E-state index >= 15 is 0 Å². The maximum atomic E-state index is 3.80. The number of benzene rings is 2. The van der Waals surface area contributed by atoms with Crippen molar-refractivity contribution in [3.63, 3.8) is 0 Å². The van der Waals surface area contributed by atoms with Crippen LogP contribution < -0.4 is 0 Å². The van der Waals surface area contributed by atoms with Gasteiger partial charge in [-0.15, -0.1) is 0 Å². The Kier molecular flexibility index (Phi) is 3.79. The summed E-state index contributed by atoms with van der Waals surface area (Å²) >= 11 is 0. The van der Waals surface area contributed by atoms with Crippen LogP contribution in [-0.2, 0) is 0 Å². The van der Waals surface area contributed by atoms with E-state index in [1.807, 2.05) is 60.7 Å². The van der Waals surface area contributed by atoms with Gasteiger partial charge < -0.3 is 0 Å². The summed E-state index contributed by atoms with van der Waals surface area (Å²) < 4.78 is 0. The zero-order chi connectivity index (χ0) is 12.8. The van der Waals surface area contributed by atoms with Crippen molar-refractivity contribution in [3.05, 3.63) is 83.9 Å². The second-order valence-electron chi connectivity index (χ2n) is 3.83. The molecule has 0 aromatic heterocycles. The lowest BCUT2D eigenvalue weighted by Crippen LogP contribution is -1.83. The summed E-state index contributed by atoms with van der Waals surface area (Å²) in [6.45, 7) is 7.59. The van der Waals surface area contributed by atoms with Crippen LogP contribution in [0.1, 0.15) is 22.3 Å². The largest absolute Gasteiger partial charge is 0.0984 e. The van der Waals surface area contributed by atoms with E-state index in [9.17, 15) is 0 Å². The van der Waals surface area contributed by atoms with Crippen molar-refractivity contribution in [1.82, 2.24) is 0 Å². The summed E-state index contributed by atoms with van der Waals surface area (Å²) in [5.41, 5.74) is 4.10. The van der Waals surface area contributed by atoms with Crippen LogP contribution in [0.2, 0.25) is 0 Å². The molecule has 0 heterocycles. The Morgan fingerprint density at radius 2 is 1.06 bits per heavy atom. The molecule has 0 heteroatoms. The molecule has 0 radical (unpaired) electrons. The fourth-order valence-corrected chi connectivity index (χ4v) is 1.71. The molecule has 0 unspecified atom stereocenters. The van der Waals surface area contributed by atoms with Gasteiger partial charge in [-0.25, -0.2) is 0 Å². The van der Waals surface area contributed by atoms with Crippen molar-refractivity contribution in [2.24, 2.45) is 0 Å². The van der Waals surface area contributed by atoms with Gasteiger partial charge in [-0.2, -0.15) is 0 Å². The van der Waals surface area contributed by atoms with Gasteiger partial charge in [-0.1, -0.05) is 73.5 Å². The van der Waals surface area contributed by atoms with Gasteiger partial charge in [-0.3, -0.25) is 0 Å². The smallest absolute Gasteiger partial charge is 0.0321 e. The van der Waals surface area contributed by atoms with Gasteiger partial charge in [0.25, 0.3) is 0 Å². The maximum Gasteiger partial charge on any atom is 0.0321 e. The molecule has 0 amide bonds. The predicted octanol–water partition coefficient (Wildman–Crippen LogP) is 4.37. The minimum atomic E-state index is 0.992. The quantitative estimate of drug-likeness (QED) is 0.672. The zero-order valence-electron chi connectivity index (χ0n) is 10.2. The summed E-state index contributed by atoms with van der Waals surface area (Å²) in [7, 11) is 0. The third-order valence-corrected chi connectivity index (χ3v) is 2.69. The van der Waals surface area contributed by atoms with Gasteiger partial charge in [0, 0.05) is 11.1 Å². The third kappa shape index (κ3) is 2.59. The molecule has 0 aliphatic carbocycles. The van der Waals surface area contributed by atoms with Gasteiger partial charge in [-0.05, 0) is 23.3 Å². The molecule has 2 aromatic carbocycles. The first-order chi connectivity index (χ1) is 8.85. The number of rotatable bonds is 2. The summed E-state index contributed by atoms with van der Waals surface area (Å²) in [5, 5.41) is 0. The average Bonchev–Trinajstić information content (AvgIpc) is 2.45. The molecular formula is C18H14. The molecule has 0 nitrogen and oxygen atoms in total. The van der Waals surface area contributed by atoms with Gasteiger partial charge in [0.1, 0.15) is 0 Å². The highest BCUT2D eigenvalue weighted by Gasteiger charge is 1.95. The molecular weight excluding hydrogens is 216 g/mol. The fourth-order valence-electron chi connectivity index (χ4n) is 1.71. The lowest BCUT2D eigenvalue weighted by molar-refractivity contribution is 1.58. The minimum Gasteiger partial charge on any atom is -0.0984 e. The van der Waals surface area contributed by atoms with E-state index < -0.39 is 0 Å². The lowest BCUT2D eigenvalue weighted by Gasteiger charge is -1.98. The summed E-state index contributed by atoms with van der Waals surface area (Å²) in [4.78, 5) is 0. The molecule has 86 valence electrons. The predicted molar refractivity (Wildman–Crippen MR) is 79.0 cm³/mol. The summed E-state index contributed by atoms with van der Waals surface area (Å²) in [5.74, 6) is 6.37. The van der Waals surface area contributed by atoms with Crippen LogP contribution in [0.5, 0.6) is 0 Å². The molecule has 0 saturated heterocycles. The van der Waals surface area contributed by atoms with Crippen LogP contribution in [0, 0.1) is 11.8 Å². The van der Waals surface area contributed by atoms with Crippen LogP contribution in [0.25, 0.3) is 12.2 Å². The molecule has 0 N–H and O–H groups in total. The maximum absolute atomic E-state index is 3.80. The van der Waals surface area contributed by atoms with Crippen molar-refractivity contribution in [2.45, 2.75) is 0 Å². The Hall–Kier alpha value is -2.52. The Bertz CT molecular complexity index is 581. The highest BCUT2D eigenvalue weighted by molar-refractivity contribution is 5.62. The number of hydrogen-bond acceptors (Lipinski definition) is 0. The summed E-state index contributed by atoms with van der Waals surface area (Å²) in [6, 6.07) is 16.0. The minimum absolute atomic E-state index is 0.992. The standard InChI is InChI=1S/C18H14/c1-3-15-9-5-7-11-17(15)13-14-18-12-8-6-10-16(18)4-2/h3-12H,1-2H2. The van der Waals surface area contributed by atoms with Gasteiger partial charge in [0.05, 0.1) is 0 Å². The van der Waals surface area contributed by atoms with E-state index in [-0.39, 0.29) is 0 Å². The molecule has 0 saturated carbocycles. The first-order valence-corrected chi connectivity index (χ1v) is 5.80. The van der Waals surface area contributed by atoms with Crippen molar-refractivity contribution in [1.29, 1.82) is 0 Å². The van der Waals surface area contributed by atoms with Gasteiger partial charge in [0.15, 0.2) is 0 Å². The van der Waals surface area contributed by atoms with Crippen molar-refractivity contribution >= 4 is 12.2 Å². The second kappa shape index (κ2) is 5.70. The molecule has 0 aliphatic heterocycles. The van der Waals surface area contributed by atoms with Gasteiger partial charge >= 0.3 is 0 Å². The molecule has 0 atom stereocenters. The molecule has 2 aromatic rings. The molecule has 0 bridgehead atoms. The highest BCUT2D eigenvalue weighted by Crippen LogP contribution is 2.11. The topological polar surface area (TPSA) is 0 Å². The van der Waals surface area contributed by atoms with E-state index in [1.54, 1.807) is 0 Å².